The van der Waals surface area contributed by atoms with Gasteiger partial charge >= 0.3 is 0 Å². The molecule has 0 radical (unpaired) electrons. The number of nitrogens with one attached hydrogen (secondary N) is 1. The highest BCUT2D eigenvalue weighted by Crippen LogP contribution is 2.43. The minimum absolute atomic E-state index is 0.0816. The van der Waals surface area contributed by atoms with Crippen LogP contribution in [0.1, 0.15) is 60.3 Å². The molecule has 1 aromatic rings. The van der Waals surface area contributed by atoms with E-state index in [9.17, 15) is 4.79 Å². The lowest BCUT2D eigenvalue weighted by Gasteiger charge is -2.03. The molecule has 1 amide bonds. The van der Waals surface area contributed by atoms with Crippen molar-refractivity contribution < 1.29 is 9.32 Å². The van der Waals surface area contributed by atoms with Crippen LogP contribution in [0.3, 0.4) is 0 Å². The van der Waals surface area contributed by atoms with E-state index >= 15 is 0 Å². The van der Waals surface area contributed by atoms with Gasteiger partial charge in [-0.1, -0.05) is 19.0 Å². The van der Waals surface area contributed by atoms with Gasteiger partial charge in [0.2, 0.25) is 0 Å². The first-order valence-electron chi connectivity index (χ1n) is 5.36. The van der Waals surface area contributed by atoms with Crippen molar-refractivity contribution >= 4 is 5.91 Å². The number of nitrogens with zero attached hydrogens (tertiary/aromatic N) is 1. The minimum Gasteiger partial charge on any atom is -0.360 e. The molecule has 0 aromatic carbocycles. The zero-order valence-electron chi connectivity index (χ0n) is 9.33. The van der Waals surface area contributed by atoms with Crippen LogP contribution in [0.4, 0.5) is 0 Å². The lowest BCUT2D eigenvalue weighted by molar-refractivity contribution is 0.0960. The third-order valence-corrected chi connectivity index (χ3v) is 2.69. The molecular weight excluding hydrogens is 192 g/mol. The van der Waals surface area contributed by atoms with E-state index < -0.39 is 0 Å². The van der Waals surface area contributed by atoms with Crippen LogP contribution in [0.25, 0.3) is 0 Å². The summed E-state index contributed by atoms with van der Waals surface area (Å²) in [5, 5.41) is 6.66. The van der Waals surface area contributed by atoms with Gasteiger partial charge in [-0.05, 0) is 18.8 Å². The summed E-state index contributed by atoms with van der Waals surface area (Å²) in [6.07, 6.45) is 2.22. The van der Waals surface area contributed by atoms with E-state index in [2.05, 4.69) is 10.5 Å². The van der Waals surface area contributed by atoms with E-state index in [0.717, 1.165) is 24.3 Å². The Morgan fingerprint density at radius 2 is 2.20 bits per heavy atom. The third kappa shape index (κ3) is 1.76. The van der Waals surface area contributed by atoms with Crippen molar-refractivity contribution in [2.24, 2.45) is 0 Å². The second-order valence-corrected chi connectivity index (χ2v) is 4.32. The van der Waals surface area contributed by atoms with Crippen LogP contribution in [0.5, 0.6) is 0 Å². The molecule has 82 valence electrons. The summed E-state index contributed by atoms with van der Waals surface area (Å²) < 4.78 is 5.29. The van der Waals surface area contributed by atoms with E-state index in [4.69, 9.17) is 4.52 Å². The zero-order valence-corrected chi connectivity index (χ0v) is 9.33. The molecule has 2 rings (SSSR count). The first-order chi connectivity index (χ1) is 7.15. The van der Waals surface area contributed by atoms with Gasteiger partial charge in [0, 0.05) is 13.0 Å². The second-order valence-electron chi connectivity index (χ2n) is 4.32. The largest absolute Gasteiger partial charge is 0.360 e. The first kappa shape index (κ1) is 10.2. The molecule has 15 heavy (non-hydrogen) atoms. The third-order valence-electron chi connectivity index (χ3n) is 2.69. The van der Waals surface area contributed by atoms with Gasteiger partial charge < -0.3 is 9.84 Å². The molecule has 0 spiro atoms. The molecule has 1 aliphatic carbocycles. The van der Waals surface area contributed by atoms with E-state index in [0.29, 0.717) is 11.5 Å². The fourth-order valence-electron chi connectivity index (χ4n) is 1.69. The predicted molar refractivity (Wildman–Crippen MR) is 56.0 cm³/mol. The van der Waals surface area contributed by atoms with Crippen molar-refractivity contribution in [1.82, 2.24) is 10.5 Å². The first-order valence-corrected chi connectivity index (χ1v) is 5.36. The summed E-state index contributed by atoms with van der Waals surface area (Å²) in [6.45, 7) is 4.03. The van der Waals surface area contributed by atoms with E-state index in [-0.39, 0.29) is 11.8 Å². The highest BCUT2D eigenvalue weighted by atomic mass is 16.5. The molecule has 0 aliphatic heterocycles. The van der Waals surface area contributed by atoms with E-state index in [1.54, 1.807) is 7.05 Å². The molecule has 0 saturated heterocycles. The van der Waals surface area contributed by atoms with Crippen LogP contribution in [-0.2, 0) is 0 Å². The Kier molecular flexibility index (Phi) is 2.50. The van der Waals surface area contributed by atoms with Crippen molar-refractivity contribution in [2.45, 2.75) is 38.5 Å². The van der Waals surface area contributed by atoms with Gasteiger partial charge in [-0.2, -0.15) is 0 Å². The lowest BCUT2D eigenvalue weighted by Crippen LogP contribution is -2.20. The highest BCUT2D eigenvalue weighted by molar-refractivity contribution is 5.96. The number of hydrogen-bond acceptors (Lipinski definition) is 3. The average Bonchev–Trinajstić information content (AvgIpc) is 2.95. The van der Waals surface area contributed by atoms with Gasteiger partial charge in [-0.25, -0.2) is 0 Å². The summed E-state index contributed by atoms with van der Waals surface area (Å²) in [5.41, 5.74) is 1.44. The summed E-state index contributed by atoms with van der Waals surface area (Å²) in [6, 6.07) is 0. The molecule has 1 aromatic heterocycles. The fraction of sp³-hybridized carbons (Fsp3) is 0.636. The average molecular weight is 208 g/mol. The Hall–Kier alpha value is -1.32. The summed E-state index contributed by atoms with van der Waals surface area (Å²) in [7, 11) is 1.64. The maximum atomic E-state index is 11.7. The number of aromatic nitrogens is 1. The Bertz CT molecular complexity index is 358. The van der Waals surface area contributed by atoms with Crippen LogP contribution in [0.2, 0.25) is 0 Å². The van der Waals surface area contributed by atoms with Crippen molar-refractivity contribution in [3.05, 3.63) is 17.0 Å². The van der Waals surface area contributed by atoms with Crippen LogP contribution < -0.4 is 5.32 Å². The van der Waals surface area contributed by atoms with Crippen molar-refractivity contribution in [1.29, 1.82) is 0 Å². The Balaban J connectivity index is 2.43. The number of carbonyl (C=O) groups is 1. The molecular formula is C11H16N2O2. The van der Waals surface area contributed by atoms with Crippen LogP contribution in [0, 0.1) is 0 Å². The number of amides is 1. The molecule has 1 fully saturated rings. The Labute approximate surface area is 89.0 Å². The van der Waals surface area contributed by atoms with Gasteiger partial charge in [0.15, 0.2) is 5.76 Å². The van der Waals surface area contributed by atoms with Gasteiger partial charge in [-0.15, -0.1) is 0 Å². The number of rotatable bonds is 3. The van der Waals surface area contributed by atoms with Crippen molar-refractivity contribution in [3.8, 4) is 0 Å². The van der Waals surface area contributed by atoms with Crippen LogP contribution in [0.15, 0.2) is 4.52 Å². The summed E-state index contributed by atoms with van der Waals surface area (Å²) in [4.78, 5) is 11.7. The van der Waals surface area contributed by atoms with Crippen molar-refractivity contribution in [3.63, 3.8) is 0 Å². The SMILES string of the molecule is CNC(=O)c1c(C(C)C)noc1C1CC1. The monoisotopic (exact) mass is 208 g/mol. The maximum absolute atomic E-state index is 11.7. The smallest absolute Gasteiger partial charge is 0.256 e. The number of carbonyl (C=O) groups excluding carboxylic acids is 1. The predicted octanol–water partition coefficient (Wildman–Crippen LogP) is 2.04. The topological polar surface area (TPSA) is 55.1 Å². The molecule has 0 bridgehead atoms. The van der Waals surface area contributed by atoms with Crippen LogP contribution >= 0.6 is 0 Å². The molecule has 1 N–H and O–H groups in total. The molecule has 4 heteroatoms. The normalized spacial score (nSPS) is 15.7. The molecule has 4 nitrogen and oxygen atoms in total. The Morgan fingerprint density at radius 3 is 2.67 bits per heavy atom. The molecule has 1 saturated carbocycles. The lowest BCUT2D eigenvalue weighted by atomic mass is 10.0. The fourth-order valence-corrected chi connectivity index (χ4v) is 1.69. The second kappa shape index (κ2) is 3.68. The maximum Gasteiger partial charge on any atom is 0.256 e. The number of hydrogen-bond donors (Lipinski definition) is 1. The zero-order chi connectivity index (χ0) is 11.0. The van der Waals surface area contributed by atoms with Gasteiger partial charge in [-0.3, -0.25) is 4.79 Å². The standard InChI is InChI=1S/C11H16N2O2/c1-6(2)9-8(11(14)12-3)10(15-13-9)7-4-5-7/h6-7H,4-5H2,1-3H3,(H,12,14). The Morgan fingerprint density at radius 1 is 1.53 bits per heavy atom. The summed E-state index contributed by atoms with van der Waals surface area (Å²) in [5.74, 6) is 1.32. The highest BCUT2D eigenvalue weighted by Gasteiger charge is 2.35. The van der Waals surface area contributed by atoms with Gasteiger partial charge in [0.25, 0.3) is 5.91 Å². The van der Waals surface area contributed by atoms with E-state index in [1.807, 2.05) is 13.8 Å². The van der Waals surface area contributed by atoms with E-state index in [1.165, 1.54) is 0 Å². The quantitative estimate of drug-likeness (QED) is 0.826. The van der Waals surface area contributed by atoms with Gasteiger partial charge in [0.05, 0.1) is 5.69 Å². The summed E-state index contributed by atoms with van der Waals surface area (Å²) >= 11 is 0. The van der Waals surface area contributed by atoms with Crippen LogP contribution in [-0.4, -0.2) is 18.1 Å². The minimum atomic E-state index is -0.0816. The van der Waals surface area contributed by atoms with Crippen molar-refractivity contribution in [2.75, 3.05) is 7.05 Å². The molecule has 0 unspecified atom stereocenters. The molecule has 1 aliphatic rings. The molecule has 1 heterocycles. The van der Waals surface area contributed by atoms with Gasteiger partial charge in [0.1, 0.15) is 5.56 Å². The molecule has 0 atom stereocenters.